The van der Waals surface area contributed by atoms with Gasteiger partial charge in [0.25, 0.3) is 5.91 Å². The van der Waals surface area contributed by atoms with Gasteiger partial charge in [-0.25, -0.2) is 4.98 Å². The lowest BCUT2D eigenvalue weighted by Crippen LogP contribution is -2.33. The molecule has 1 amide bonds. The quantitative estimate of drug-likeness (QED) is 0.906. The summed E-state index contributed by atoms with van der Waals surface area (Å²) in [6.45, 7) is 6.04. The average Bonchev–Trinajstić information content (AvgIpc) is 2.88. The van der Waals surface area contributed by atoms with E-state index in [1.165, 1.54) is 12.8 Å². The monoisotopic (exact) mass is 332 g/mol. The molecule has 2 N–H and O–H groups in total. The summed E-state index contributed by atoms with van der Waals surface area (Å²) < 4.78 is 0. The van der Waals surface area contributed by atoms with Crippen molar-refractivity contribution < 1.29 is 4.79 Å². The summed E-state index contributed by atoms with van der Waals surface area (Å²) in [7, 11) is 0. The smallest absolute Gasteiger partial charge is 0.305 e. The lowest BCUT2D eigenvalue weighted by molar-refractivity contribution is 0.103. The molecule has 7 heteroatoms. The van der Waals surface area contributed by atoms with E-state index in [-0.39, 0.29) is 10.8 Å². The van der Waals surface area contributed by atoms with Crippen molar-refractivity contribution in [3.63, 3.8) is 0 Å². The minimum atomic E-state index is -0.285. The Labute approximate surface area is 138 Å². The first kappa shape index (κ1) is 15.7. The summed E-state index contributed by atoms with van der Waals surface area (Å²) in [5.74, 6) is 1.44. The number of carbonyl (C=O) groups excluding carboxylic acids is 1. The second-order valence-corrected chi connectivity index (χ2v) is 6.98. The number of amides is 1. The molecule has 2 aromatic heterocycles. The van der Waals surface area contributed by atoms with Crippen molar-refractivity contribution in [1.29, 1.82) is 0 Å². The zero-order valence-electron chi connectivity index (χ0n) is 13.3. The van der Waals surface area contributed by atoms with Gasteiger partial charge in [-0.15, -0.1) is 0 Å². The predicted octanol–water partition coefficient (Wildman–Crippen LogP) is 2.63. The van der Waals surface area contributed by atoms with E-state index in [2.05, 4.69) is 27.1 Å². The van der Waals surface area contributed by atoms with Crippen LogP contribution < -0.4 is 15.1 Å². The Bertz CT molecular complexity index is 742. The van der Waals surface area contributed by atoms with Gasteiger partial charge < -0.3 is 15.2 Å². The highest BCUT2D eigenvalue weighted by atomic mass is 32.1. The molecule has 6 nitrogen and oxygen atoms in total. The van der Waals surface area contributed by atoms with Crippen molar-refractivity contribution in [3.05, 3.63) is 38.6 Å². The van der Waals surface area contributed by atoms with Crippen LogP contribution in [0.3, 0.4) is 0 Å². The molecular formula is C16H20N4O2S. The summed E-state index contributed by atoms with van der Waals surface area (Å²) in [5, 5.41) is 2.78. The van der Waals surface area contributed by atoms with Crippen molar-refractivity contribution in [2.45, 2.75) is 26.7 Å². The minimum absolute atomic E-state index is 0.222. The molecule has 0 aliphatic carbocycles. The zero-order valence-corrected chi connectivity index (χ0v) is 14.1. The van der Waals surface area contributed by atoms with Gasteiger partial charge in [0.05, 0.1) is 11.9 Å². The highest BCUT2D eigenvalue weighted by molar-refractivity contribution is 7.11. The molecule has 2 aromatic rings. The highest BCUT2D eigenvalue weighted by Gasteiger charge is 2.17. The number of anilines is 2. The van der Waals surface area contributed by atoms with Crippen LogP contribution >= 0.6 is 11.3 Å². The number of nitrogens with zero attached hydrogens (tertiary/aromatic N) is 2. The molecule has 0 bridgehead atoms. The number of aromatic nitrogens is 2. The number of H-pyrrole nitrogens is 1. The molecule has 1 aliphatic heterocycles. The lowest BCUT2D eigenvalue weighted by atomic mass is 9.99. The van der Waals surface area contributed by atoms with Gasteiger partial charge in [0.2, 0.25) is 0 Å². The minimum Gasteiger partial charge on any atom is -0.357 e. The fourth-order valence-electron chi connectivity index (χ4n) is 2.69. The van der Waals surface area contributed by atoms with Crippen LogP contribution in [-0.4, -0.2) is 29.0 Å². The molecule has 1 aliphatic rings. The molecule has 0 unspecified atom stereocenters. The van der Waals surface area contributed by atoms with Crippen LogP contribution in [0, 0.1) is 12.8 Å². The Morgan fingerprint density at radius 3 is 2.70 bits per heavy atom. The van der Waals surface area contributed by atoms with Crippen molar-refractivity contribution in [3.8, 4) is 0 Å². The van der Waals surface area contributed by atoms with E-state index >= 15 is 0 Å². The van der Waals surface area contributed by atoms with E-state index in [0.29, 0.717) is 16.3 Å². The average molecular weight is 332 g/mol. The number of rotatable bonds is 3. The number of pyridine rings is 1. The Balaban J connectivity index is 1.67. The number of hydrogen-bond acceptors (Lipinski definition) is 5. The molecule has 0 saturated carbocycles. The maximum Gasteiger partial charge on any atom is 0.305 e. The Kier molecular flexibility index (Phi) is 4.47. The van der Waals surface area contributed by atoms with E-state index < -0.39 is 0 Å². The maximum absolute atomic E-state index is 12.2. The van der Waals surface area contributed by atoms with Crippen molar-refractivity contribution in [2.24, 2.45) is 5.92 Å². The summed E-state index contributed by atoms with van der Waals surface area (Å²) in [5.41, 5.74) is 1.22. The Morgan fingerprint density at radius 2 is 2.13 bits per heavy atom. The molecular weight excluding hydrogens is 312 g/mol. The van der Waals surface area contributed by atoms with Gasteiger partial charge in [-0.1, -0.05) is 18.3 Å². The topological polar surface area (TPSA) is 78.1 Å². The Hall–Kier alpha value is -2.15. The van der Waals surface area contributed by atoms with Crippen LogP contribution in [0.15, 0.2) is 23.1 Å². The lowest BCUT2D eigenvalue weighted by Gasteiger charge is -2.31. The number of aromatic amines is 1. The first-order chi connectivity index (χ1) is 11.0. The number of thiazole rings is 1. The predicted molar refractivity (Wildman–Crippen MR) is 92.5 cm³/mol. The van der Waals surface area contributed by atoms with Gasteiger partial charge >= 0.3 is 4.87 Å². The van der Waals surface area contributed by atoms with Crippen LogP contribution in [0.2, 0.25) is 0 Å². The number of hydrogen-bond donors (Lipinski definition) is 2. The van der Waals surface area contributed by atoms with Crippen molar-refractivity contribution in [2.75, 3.05) is 23.3 Å². The standard InChI is InChI=1S/C16H20N4O2S/c1-10-5-7-20(8-6-10)13-4-3-12(9-17-13)19-15(21)14-11(2)18-16(22)23-14/h3-4,9-10H,5-8H2,1-2H3,(H,18,22)(H,19,21). The van der Waals surface area contributed by atoms with Crippen molar-refractivity contribution in [1.82, 2.24) is 9.97 Å². The van der Waals surface area contributed by atoms with E-state index in [0.717, 1.165) is 36.2 Å². The highest BCUT2D eigenvalue weighted by Crippen LogP contribution is 2.22. The van der Waals surface area contributed by atoms with E-state index in [1.807, 2.05) is 12.1 Å². The van der Waals surface area contributed by atoms with Gasteiger partial charge in [0, 0.05) is 18.8 Å². The SMILES string of the molecule is Cc1[nH]c(=O)sc1C(=O)Nc1ccc(N2CCC(C)CC2)nc1. The zero-order chi connectivity index (χ0) is 16.4. The first-order valence-electron chi connectivity index (χ1n) is 7.75. The van der Waals surface area contributed by atoms with Crippen LogP contribution in [0.4, 0.5) is 11.5 Å². The molecule has 0 aromatic carbocycles. The van der Waals surface area contributed by atoms with Gasteiger partial charge in [-0.2, -0.15) is 0 Å². The molecule has 23 heavy (non-hydrogen) atoms. The van der Waals surface area contributed by atoms with E-state index in [4.69, 9.17) is 0 Å². The second kappa shape index (κ2) is 6.54. The molecule has 3 heterocycles. The number of carbonyl (C=O) groups is 1. The number of piperidine rings is 1. The molecule has 0 spiro atoms. The van der Waals surface area contributed by atoms with Gasteiger partial charge in [0.15, 0.2) is 0 Å². The molecule has 1 fully saturated rings. The van der Waals surface area contributed by atoms with Gasteiger partial charge in [-0.05, 0) is 37.8 Å². The fraction of sp³-hybridized carbons (Fsp3) is 0.438. The Morgan fingerprint density at radius 1 is 1.39 bits per heavy atom. The second-order valence-electron chi connectivity index (χ2n) is 6.00. The third kappa shape index (κ3) is 3.61. The normalized spacial score (nSPS) is 15.7. The number of aryl methyl sites for hydroxylation is 1. The van der Waals surface area contributed by atoms with Crippen LogP contribution in [0.1, 0.15) is 35.1 Å². The van der Waals surface area contributed by atoms with Gasteiger partial charge in [0.1, 0.15) is 10.7 Å². The molecule has 1 saturated heterocycles. The fourth-order valence-corrected chi connectivity index (χ4v) is 3.43. The van der Waals surface area contributed by atoms with Crippen molar-refractivity contribution >= 4 is 28.7 Å². The maximum atomic E-state index is 12.2. The van der Waals surface area contributed by atoms with E-state index in [9.17, 15) is 9.59 Å². The largest absolute Gasteiger partial charge is 0.357 e. The van der Waals surface area contributed by atoms with Crippen LogP contribution in [0.25, 0.3) is 0 Å². The third-order valence-corrected chi connectivity index (χ3v) is 5.13. The van der Waals surface area contributed by atoms with Gasteiger partial charge in [-0.3, -0.25) is 9.59 Å². The summed E-state index contributed by atoms with van der Waals surface area (Å²) in [4.78, 5) is 33.0. The first-order valence-corrected chi connectivity index (χ1v) is 8.56. The van der Waals surface area contributed by atoms with E-state index in [1.54, 1.807) is 13.1 Å². The summed E-state index contributed by atoms with van der Waals surface area (Å²) >= 11 is 0.916. The summed E-state index contributed by atoms with van der Waals surface area (Å²) in [6, 6.07) is 3.78. The molecule has 122 valence electrons. The number of nitrogens with one attached hydrogen (secondary N) is 2. The molecule has 0 atom stereocenters. The third-order valence-electron chi connectivity index (χ3n) is 4.14. The summed E-state index contributed by atoms with van der Waals surface area (Å²) in [6.07, 6.45) is 4.04. The molecule has 3 rings (SSSR count). The van der Waals surface area contributed by atoms with Crippen LogP contribution in [0.5, 0.6) is 0 Å². The van der Waals surface area contributed by atoms with Crippen LogP contribution in [-0.2, 0) is 0 Å². The molecule has 0 radical (unpaired) electrons.